The summed E-state index contributed by atoms with van der Waals surface area (Å²) in [4.78, 5) is 24.3. The molecule has 0 unspecified atom stereocenters. The molecule has 162 valence electrons. The molecule has 0 aliphatic heterocycles. The Bertz CT molecular complexity index is 1170. The number of aromatic hydroxyl groups is 1. The number of benzene rings is 3. The molecule has 32 heavy (non-hydrogen) atoms. The number of phenolic OH excluding ortho intramolecular Hbond substituents is 1. The van der Waals surface area contributed by atoms with Crippen molar-refractivity contribution in [2.45, 2.75) is 13.5 Å². The van der Waals surface area contributed by atoms with E-state index in [1.165, 1.54) is 19.2 Å². The summed E-state index contributed by atoms with van der Waals surface area (Å²) in [6, 6.07) is 18.4. The highest BCUT2D eigenvalue weighted by molar-refractivity contribution is 6.11. The van der Waals surface area contributed by atoms with E-state index in [-0.39, 0.29) is 29.5 Å². The lowest BCUT2D eigenvalue weighted by molar-refractivity contribution is -0.140. The molecule has 3 rings (SSSR count). The molecule has 0 spiro atoms. The zero-order chi connectivity index (χ0) is 23.1. The van der Waals surface area contributed by atoms with Gasteiger partial charge in [-0.25, -0.2) is 4.79 Å². The van der Waals surface area contributed by atoms with Crippen molar-refractivity contribution < 1.29 is 24.2 Å². The minimum atomic E-state index is -0.450. The summed E-state index contributed by atoms with van der Waals surface area (Å²) < 4.78 is 10.4. The van der Waals surface area contributed by atoms with E-state index in [9.17, 15) is 14.7 Å². The summed E-state index contributed by atoms with van der Waals surface area (Å²) in [7, 11) is 1.44. The smallest absolute Gasteiger partial charge is 0.333 e. The second-order valence-corrected chi connectivity index (χ2v) is 6.96. The number of methoxy groups -OCH3 is 1. The highest BCUT2D eigenvalue weighted by Gasteiger charge is 2.17. The van der Waals surface area contributed by atoms with Crippen molar-refractivity contribution in [2.75, 3.05) is 7.11 Å². The van der Waals surface area contributed by atoms with Gasteiger partial charge in [0.05, 0.1) is 18.4 Å². The molecule has 0 aliphatic carbocycles. The minimum absolute atomic E-state index is 0.0978. The third-order valence-electron chi connectivity index (χ3n) is 4.51. The van der Waals surface area contributed by atoms with Gasteiger partial charge in [0.15, 0.2) is 5.78 Å². The van der Waals surface area contributed by atoms with Crippen molar-refractivity contribution in [3.8, 4) is 11.5 Å². The van der Waals surface area contributed by atoms with Crippen LogP contribution in [-0.4, -0.2) is 24.0 Å². The largest absolute Gasteiger partial charge is 0.507 e. The van der Waals surface area contributed by atoms with E-state index in [4.69, 9.17) is 9.47 Å². The Morgan fingerprint density at radius 1 is 1.00 bits per heavy atom. The first-order valence-electron chi connectivity index (χ1n) is 9.73. The van der Waals surface area contributed by atoms with Gasteiger partial charge in [0, 0.05) is 17.2 Å². The maximum Gasteiger partial charge on any atom is 0.333 e. The lowest BCUT2D eigenvalue weighted by Crippen LogP contribution is -2.04. The summed E-state index contributed by atoms with van der Waals surface area (Å²) >= 11 is 0. The van der Waals surface area contributed by atoms with Crippen molar-refractivity contribution in [2.24, 2.45) is 10.2 Å². The lowest BCUT2D eigenvalue weighted by atomic mass is 10.0. The summed E-state index contributed by atoms with van der Waals surface area (Å²) in [5.41, 5.74) is 2.51. The van der Waals surface area contributed by atoms with Crippen molar-refractivity contribution >= 4 is 23.1 Å². The van der Waals surface area contributed by atoms with E-state index in [0.29, 0.717) is 22.5 Å². The quantitative estimate of drug-likeness (QED) is 0.215. The zero-order valence-electron chi connectivity index (χ0n) is 17.7. The van der Waals surface area contributed by atoms with Gasteiger partial charge in [-0.05, 0) is 30.7 Å². The van der Waals surface area contributed by atoms with Crippen LogP contribution in [0.4, 0.5) is 11.4 Å². The first kappa shape index (κ1) is 22.4. The number of rotatable bonds is 8. The molecule has 0 aromatic heterocycles. The number of nitrogens with zero attached hydrogens (tertiary/aromatic N) is 2. The van der Waals surface area contributed by atoms with Gasteiger partial charge in [-0.3, -0.25) is 4.79 Å². The summed E-state index contributed by atoms with van der Waals surface area (Å²) in [6.07, 6.45) is 0. The molecule has 0 bridgehead atoms. The number of azo groups is 1. The Labute approximate surface area is 185 Å². The molecule has 0 aliphatic rings. The molecule has 7 nitrogen and oxygen atoms in total. The van der Waals surface area contributed by atoms with E-state index in [1.54, 1.807) is 61.5 Å². The molecule has 0 fully saturated rings. The van der Waals surface area contributed by atoms with Gasteiger partial charge in [0.25, 0.3) is 0 Å². The molecular weight excluding hydrogens is 408 g/mol. The molecule has 7 heteroatoms. The molecule has 0 radical (unpaired) electrons. The van der Waals surface area contributed by atoms with Gasteiger partial charge < -0.3 is 14.6 Å². The average Bonchev–Trinajstić information content (AvgIpc) is 2.82. The molecule has 0 saturated heterocycles. The van der Waals surface area contributed by atoms with Crippen LogP contribution in [0.15, 0.2) is 89.1 Å². The van der Waals surface area contributed by atoms with Crippen molar-refractivity contribution in [1.82, 2.24) is 0 Å². The Balaban J connectivity index is 1.81. The van der Waals surface area contributed by atoms with Gasteiger partial charge >= 0.3 is 5.97 Å². The van der Waals surface area contributed by atoms with Crippen LogP contribution in [0.2, 0.25) is 0 Å². The van der Waals surface area contributed by atoms with Gasteiger partial charge in [0.1, 0.15) is 23.8 Å². The van der Waals surface area contributed by atoms with Gasteiger partial charge in [-0.1, -0.05) is 49.0 Å². The van der Waals surface area contributed by atoms with Crippen molar-refractivity contribution in [3.05, 3.63) is 95.6 Å². The van der Waals surface area contributed by atoms with Crippen LogP contribution in [0.3, 0.4) is 0 Å². The second kappa shape index (κ2) is 10.2. The Kier molecular flexibility index (Phi) is 7.13. The Morgan fingerprint density at radius 2 is 1.69 bits per heavy atom. The number of carbonyl (C=O) groups is 2. The molecule has 3 aromatic carbocycles. The van der Waals surface area contributed by atoms with Crippen LogP contribution in [0.25, 0.3) is 0 Å². The first-order valence-corrected chi connectivity index (χ1v) is 9.73. The molecule has 3 aromatic rings. The molecule has 1 N–H and O–H groups in total. The van der Waals surface area contributed by atoms with Gasteiger partial charge in [-0.15, -0.1) is 5.11 Å². The number of esters is 1. The molecule has 0 heterocycles. The van der Waals surface area contributed by atoms with E-state index in [2.05, 4.69) is 16.8 Å². The number of ether oxygens (including phenoxy) is 2. The topological polar surface area (TPSA) is 97.6 Å². The third kappa shape index (κ3) is 5.46. The predicted octanol–water partition coefficient (Wildman–Crippen LogP) is 5.67. The van der Waals surface area contributed by atoms with Crippen LogP contribution in [0.1, 0.15) is 28.4 Å². The monoisotopic (exact) mass is 430 g/mol. The van der Waals surface area contributed by atoms with Crippen LogP contribution in [0, 0.1) is 0 Å². The van der Waals surface area contributed by atoms with Crippen LogP contribution < -0.4 is 4.74 Å². The van der Waals surface area contributed by atoms with Crippen LogP contribution >= 0.6 is 0 Å². The van der Waals surface area contributed by atoms with Gasteiger partial charge in [-0.2, -0.15) is 5.11 Å². The number of ketones is 1. The standard InChI is InChI=1S/C25H22N2O5/c1-16(2)25(30)32-15-17-9-11-19(12-10-17)26-27-21-13-20(22(28)14-23(21)31-3)24(29)18-7-5-4-6-8-18/h4-14,28H,1,15H2,2-3H3/b27-26+. The molecule has 0 amide bonds. The minimum Gasteiger partial charge on any atom is -0.507 e. The highest BCUT2D eigenvalue weighted by atomic mass is 16.5. The fourth-order valence-corrected chi connectivity index (χ4v) is 2.77. The summed E-state index contributed by atoms with van der Waals surface area (Å²) in [5, 5.41) is 18.7. The number of hydrogen-bond acceptors (Lipinski definition) is 7. The van der Waals surface area contributed by atoms with Gasteiger partial charge in [0.2, 0.25) is 0 Å². The maximum atomic E-state index is 12.8. The fourth-order valence-electron chi connectivity index (χ4n) is 2.77. The third-order valence-corrected chi connectivity index (χ3v) is 4.51. The van der Waals surface area contributed by atoms with E-state index >= 15 is 0 Å². The Hall–Kier alpha value is -4.26. The van der Waals surface area contributed by atoms with E-state index in [0.717, 1.165) is 5.56 Å². The van der Waals surface area contributed by atoms with Crippen LogP contribution in [0.5, 0.6) is 11.5 Å². The highest BCUT2D eigenvalue weighted by Crippen LogP contribution is 2.36. The van der Waals surface area contributed by atoms with E-state index < -0.39 is 5.97 Å². The zero-order valence-corrected chi connectivity index (χ0v) is 17.7. The summed E-state index contributed by atoms with van der Waals surface area (Å²) in [5.74, 6) is -0.715. The fraction of sp³-hybridized carbons (Fsp3) is 0.120. The SMILES string of the molecule is C=C(C)C(=O)OCc1ccc(/N=N/c2cc(C(=O)c3ccccc3)c(O)cc2OC)cc1. The van der Waals surface area contributed by atoms with Crippen LogP contribution in [-0.2, 0) is 16.1 Å². The molecule has 0 atom stereocenters. The maximum absolute atomic E-state index is 12.8. The number of carbonyl (C=O) groups excluding carboxylic acids is 2. The predicted molar refractivity (Wildman–Crippen MR) is 120 cm³/mol. The molecule has 0 saturated carbocycles. The summed E-state index contributed by atoms with van der Waals surface area (Å²) in [6.45, 7) is 5.25. The normalized spacial score (nSPS) is 10.7. The van der Waals surface area contributed by atoms with Crippen molar-refractivity contribution in [1.29, 1.82) is 0 Å². The first-order chi connectivity index (χ1) is 15.4. The number of hydrogen-bond donors (Lipinski definition) is 1. The van der Waals surface area contributed by atoms with E-state index in [1.807, 2.05) is 0 Å². The molecular formula is C25H22N2O5. The number of phenols is 1. The average molecular weight is 430 g/mol. The second-order valence-electron chi connectivity index (χ2n) is 6.96. The lowest BCUT2D eigenvalue weighted by Gasteiger charge is -2.09. The van der Waals surface area contributed by atoms with Crippen molar-refractivity contribution in [3.63, 3.8) is 0 Å². The Morgan fingerprint density at radius 3 is 2.31 bits per heavy atom.